The molecule has 8 heteroatoms. The molecule has 1 N–H and O–H groups in total. The number of nitrogens with zero attached hydrogens (tertiary/aromatic N) is 5. The molecular formula is C23H24FN5OS. The summed E-state index contributed by atoms with van der Waals surface area (Å²) in [5.41, 5.74) is 1.75. The number of halogens is 1. The van der Waals surface area contributed by atoms with Crippen molar-refractivity contribution in [1.82, 2.24) is 19.5 Å². The van der Waals surface area contributed by atoms with E-state index in [1.54, 1.807) is 10.6 Å². The zero-order valence-electron chi connectivity index (χ0n) is 17.3. The molecule has 0 aliphatic carbocycles. The van der Waals surface area contributed by atoms with Crippen molar-refractivity contribution < 1.29 is 9.50 Å². The number of rotatable bonds is 5. The number of anilines is 1. The summed E-state index contributed by atoms with van der Waals surface area (Å²) in [7, 11) is 0. The summed E-state index contributed by atoms with van der Waals surface area (Å²) in [5.74, 6) is 0.686. The quantitative estimate of drug-likeness (QED) is 0.509. The number of thiazole rings is 1. The van der Waals surface area contributed by atoms with Crippen molar-refractivity contribution in [2.45, 2.75) is 19.4 Å². The van der Waals surface area contributed by atoms with Gasteiger partial charge in [-0.25, -0.2) is 9.37 Å². The van der Waals surface area contributed by atoms with Crippen LogP contribution in [0, 0.1) is 5.82 Å². The first-order valence-electron chi connectivity index (χ1n) is 10.5. The Kier molecular flexibility index (Phi) is 5.33. The molecule has 31 heavy (non-hydrogen) atoms. The predicted molar refractivity (Wildman–Crippen MR) is 120 cm³/mol. The minimum atomic E-state index is -0.189. The normalized spacial score (nSPS) is 16.1. The third-order valence-corrected chi connectivity index (χ3v) is 6.87. The third-order valence-electron chi connectivity index (χ3n) is 5.80. The largest absolute Gasteiger partial charge is 0.492 e. The number of hydrogen-bond acceptors (Lipinski definition) is 6. The van der Waals surface area contributed by atoms with E-state index < -0.39 is 0 Å². The Bertz CT molecular complexity index is 1180. The molecule has 0 unspecified atom stereocenters. The van der Waals surface area contributed by atoms with Gasteiger partial charge < -0.3 is 10.0 Å². The van der Waals surface area contributed by atoms with Gasteiger partial charge >= 0.3 is 0 Å². The first kappa shape index (κ1) is 20.0. The monoisotopic (exact) mass is 437 g/mol. The Morgan fingerprint density at radius 1 is 1.03 bits per heavy atom. The van der Waals surface area contributed by atoms with Crippen molar-refractivity contribution in [3.05, 3.63) is 76.7 Å². The molecule has 0 radical (unpaired) electrons. The summed E-state index contributed by atoms with van der Waals surface area (Å²) in [4.78, 5) is 10.5. The van der Waals surface area contributed by atoms with Crippen LogP contribution in [0.4, 0.5) is 10.1 Å². The van der Waals surface area contributed by atoms with E-state index in [9.17, 15) is 9.50 Å². The average molecular weight is 438 g/mol. The van der Waals surface area contributed by atoms with Crippen LogP contribution in [0.5, 0.6) is 5.88 Å². The molecule has 2 aromatic carbocycles. The lowest BCUT2D eigenvalue weighted by molar-refractivity contribution is 0.210. The highest BCUT2D eigenvalue weighted by molar-refractivity contribution is 7.17. The van der Waals surface area contributed by atoms with E-state index in [1.165, 1.54) is 17.4 Å². The number of piperazine rings is 1. The lowest BCUT2D eigenvalue weighted by Crippen LogP contribution is -2.48. The smallest absolute Gasteiger partial charge is 0.230 e. The molecule has 5 rings (SSSR count). The fourth-order valence-corrected chi connectivity index (χ4v) is 5.35. The van der Waals surface area contributed by atoms with Gasteiger partial charge in [-0.15, -0.1) is 5.10 Å². The number of fused-ring (bicyclic) bond motifs is 1. The molecule has 3 heterocycles. The summed E-state index contributed by atoms with van der Waals surface area (Å²) in [6.45, 7) is 4.93. The van der Waals surface area contributed by atoms with Gasteiger partial charge in [-0.2, -0.15) is 4.52 Å². The van der Waals surface area contributed by atoms with Crippen LogP contribution in [-0.4, -0.2) is 50.8 Å². The predicted octanol–water partition coefficient (Wildman–Crippen LogP) is 4.11. The van der Waals surface area contributed by atoms with Crippen LogP contribution in [0.3, 0.4) is 0 Å². The van der Waals surface area contributed by atoms with Crippen LogP contribution in [-0.2, 0) is 6.42 Å². The molecule has 0 spiro atoms. The Labute approximate surface area is 184 Å². The van der Waals surface area contributed by atoms with Crippen LogP contribution in [0.2, 0.25) is 0 Å². The van der Waals surface area contributed by atoms with Crippen LogP contribution in [0.1, 0.15) is 29.2 Å². The van der Waals surface area contributed by atoms with Gasteiger partial charge in [-0.1, -0.05) is 60.7 Å². The van der Waals surface area contributed by atoms with E-state index in [4.69, 9.17) is 0 Å². The summed E-state index contributed by atoms with van der Waals surface area (Å²) in [6.07, 6.45) is 0.725. The van der Waals surface area contributed by atoms with Gasteiger partial charge in [0.05, 0.1) is 16.6 Å². The second-order valence-corrected chi connectivity index (χ2v) is 8.66. The van der Waals surface area contributed by atoms with Crippen molar-refractivity contribution in [3.8, 4) is 5.88 Å². The Balaban J connectivity index is 1.47. The standard InChI is InChI=1S/C23H24FN5OS/c1-2-19-25-23-29(26-19)22(30)21(31-23)20(16-8-4-3-5-9-16)28-14-12-27(13-15-28)18-11-7-6-10-17(18)24/h3-11,20,30H,2,12-15H2,1H3/t20-/m0/s1. The Hall–Kier alpha value is -2.97. The number of benzene rings is 2. The fourth-order valence-electron chi connectivity index (χ4n) is 4.21. The molecule has 6 nitrogen and oxygen atoms in total. The number of aromatic nitrogens is 3. The first-order valence-corrected chi connectivity index (χ1v) is 11.3. The number of aromatic hydroxyl groups is 1. The molecule has 2 aromatic heterocycles. The van der Waals surface area contributed by atoms with Crippen LogP contribution in [0.25, 0.3) is 4.96 Å². The van der Waals surface area contributed by atoms with E-state index in [-0.39, 0.29) is 17.7 Å². The lowest BCUT2D eigenvalue weighted by atomic mass is 10.0. The summed E-state index contributed by atoms with van der Waals surface area (Å²) in [6, 6.07) is 17.0. The molecule has 1 fully saturated rings. The molecule has 1 saturated heterocycles. The van der Waals surface area contributed by atoms with Crippen molar-refractivity contribution >= 4 is 22.0 Å². The number of hydrogen-bond donors (Lipinski definition) is 1. The maximum absolute atomic E-state index is 14.3. The van der Waals surface area contributed by atoms with E-state index in [0.29, 0.717) is 23.7 Å². The molecule has 0 amide bonds. The summed E-state index contributed by atoms with van der Waals surface area (Å²) < 4.78 is 15.8. The van der Waals surface area contributed by atoms with E-state index in [2.05, 4.69) is 32.0 Å². The third kappa shape index (κ3) is 3.66. The number of para-hydroxylation sites is 1. The Morgan fingerprint density at radius 3 is 2.42 bits per heavy atom. The van der Waals surface area contributed by atoms with Crippen LogP contribution < -0.4 is 4.90 Å². The minimum Gasteiger partial charge on any atom is -0.492 e. The zero-order valence-corrected chi connectivity index (χ0v) is 18.1. The maximum Gasteiger partial charge on any atom is 0.230 e. The summed E-state index contributed by atoms with van der Waals surface area (Å²) in [5, 5.41) is 15.4. The molecule has 160 valence electrons. The van der Waals surface area contributed by atoms with E-state index in [0.717, 1.165) is 35.8 Å². The fraction of sp³-hybridized carbons (Fsp3) is 0.304. The van der Waals surface area contributed by atoms with Gasteiger partial charge in [-0.05, 0) is 17.7 Å². The molecule has 0 saturated carbocycles. The van der Waals surface area contributed by atoms with Crippen molar-refractivity contribution in [3.63, 3.8) is 0 Å². The molecule has 1 aliphatic rings. The van der Waals surface area contributed by atoms with Crippen molar-refractivity contribution in [1.29, 1.82) is 0 Å². The Morgan fingerprint density at radius 2 is 1.74 bits per heavy atom. The highest BCUT2D eigenvalue weighted by Crippen LogP contribution is 2.40. The van der Waals surface area contributed by atoms with E-state index in [1.807, 2.05) is 37.3 Å². The van der Waals surface area contributed by atoms with Crippen molar-refractivity contribution in [2.75, 3.05) is 31.1 Å². The topological polar surface area (TPSA) is 56.9 Å². The SMILES string of the molecule is CCc1nc2sc([C@H](c3ccccc3)N3CCN(c4ccccc4F)CC3)c(O)n2n1. The lowest BCUT2D eigenvalue weighted by Gasteiger charge is -2.40. The molecule has 1 atom stereocenters. The van der Waals surface area contributed by atoms with Gasteiger partial charge in [0.1, 0.15) is 5.82 Å². The zero-order chi connectivity index (χ0) is 21.4. The molecule has 4 aromatic rings. The van der Waals surface area contributed by atoms with Gasteiger partial charge in [-0.3, -0.25) is 4.90 Å². The van der Waals surface area contributed by atoms with Gasteiger partial charge in [0.25, 0.3) is 0 Å². The van der Waals surface area contributed by atoms with Crippen molar-refractivity contribution in [2.24, 2.45) is 0 Å². The van der Waals surface area contributed by atoms with Crippen LogP contribution in [0.15, 0.2) is 54.6 Å². The highest BCUT2D eigenvalue weighted by atomic mass is 32.1. The highest BCUT2D eigenvalue weighted by Gasteiger charge is 2.32. The second kappa shape index (κ2) is 8.28. The van der Waals surface area contributed by atoms with E-state index >= 15 is 0 Å². The van der Waals surface area contributed by atoms with Gasteiger partial charge in [0.2, 0.25) is 10.8 Å². The average Bonchev–Trinajstić information content (AvgIpc) is 3.35. The second-order valence-electron chi connectivity index (χ2n) is 7.65. The van der Waals surface area contributed by atoms with Gasteiger partial charge in [0.15, 0.2) is 5.82 Å². The molecular weight excluding hydrogens is 413 g/mol. The minimum absolute atomic E-state index is 0.109. The van der Waals surface area contributed by atoms with Crippen LogP contribution >= 0.6 is 11.3 Å². The maximum atomic E-state index is 14.3. The first-order chi connectivity index (χ1) is 15.2. The summed E-state index contributed by atoms with van der Waals surface area (Å²) >= 11 is 1.48. The number of aryl methyl sites for hydroxylation is 1. The van der Waals surface area contributed by atoms with Gasteiger partial charge in [0, 0.05) is 32.6 Å². The molecule has 0 bridgehead atoms. The molecule has 1 aliphatic heterocycles.